The van der Waals surface area contributed by atoms with E-state index in [0.717, 1.165) is 64.8 Å². The van der Waals surface area contributed by atoms with Crippen LogP contribution in [0.2, 0.25) is 0 Å². The van der Waals surface area contributed by atoms with Crippen LogP contribution < -0.4 is 9.57 Å². The Morgan fingerprint density at radius 2 is 1.50 bits per heavy atom. The molecule has 5 heteroatoms. The zero-order valence-electron chi connectivity index (χ0n) is 24.4. The van der Waals surface area contributed by atoms with Crippen LogP contribution in [-0.4, -0.2) is 18.3 Å². The Hall–Kier alpha value is -5.00. The van der Waals surface area contributed by atoms with Crippen molar-refractivity contribution in [2.45, 2.75) is 31.1 Å². The molecular formula is C39H33NO4. The van der Waals surface area contributed by atoms with Crippen LogP contribution in [0.1, 0.15) is 53.5 Å². The molecule has 0 heterocycles. The number of rotatable bonds is 9. The summed E-state index contributed by atoms with van der Waals surface area (Å²) >= 11 is 0. The predicted octanol–water partition coefficient (Wildman–Crippen LogP) is 8.97. The lowest BCUT2D eigenvalue weighted by Gasteiger charge is -2.37. The maximum Gasteiger partial charge on any atom is 0.169 e. The molecule has 3 aliphatic rings. The molecule has 5 nitrogen and oxygen atoms in total. The van der Waals surface area contributed by atoms with Crippen molar-refractivity contribution in [2.24, 2.45) is 5.34 Å². The largest absolute Gasteiger partial charge is 0.491 e. The molecule has 7 rings (SSSR count). The first-order valence-corrected chi connectivity index (χ1v) is 15.2. The summed E-state index contributed by atoms with van der Waals surface area (Å²) in [5, 5.41) is 12.3. The standard InChI is InChI=1S/C39H33NO4/c41-23-24-43-37-21-19-29(25-33(37)27-11-3-1-4-12-27)39(35-17-9-7-15-31(35)32-16-8-10-18-36(32)39)30-20-22-38(44-40-42)34(26-30)28-13-5-2-6-14-28/h2-3,5-9,11-17,19-22,25-26,41H,1,4,10,18,23-24H2. The van der Waals surface area contributed by atoms with Crippen molar-refractivity contribution in [3.63, 3.8) is 0 Å². The van der Waals surface area contributed by atoms with Gasteiger partial charge in [0.1, 0.15) is 12.4 Å². The van der Waals surface area contributed by atoms with Crippen LogP contribution >= 0.6 is 0 Å². The molecule has 0 bridgehead atoms. The molecule has 0 aliphatic heterocycles. The van der Waals surface area contributed by atoms with Crippen LogP contribution in [0.25, 0.3) is 22.3 Å². The topological polar surface area (TPSA) is 68.1 Å². The van der Waals surface area contributed by atoms with Gasteiger partial charge in [0.25, 0.3) is 0 Å². The van der Waals surface area contributed by atoms with E-state index >= 15 is 0 Å². The van der Waals surface area contributed by atoms with Gasteiger partial charge in [-0.2, -0.15) is 0 Å². The first kappa shape index (κ1) is 27.8. The van der Waals surface area contributed by atoms with Crippen LogP contribution in [0.15, 0.2) is 132 Å². The van der Waals surface area contributed by atoms with Crippen molar-refractivity contribution >= 4 is 11.1 Å². The molecule has 0 saturated carbocycles. The fraction of sp³-hybridized carbons (Fsp3) is 0.179. The van der Waals surface area contributed by atoms with Gasteiger partial charge >= 0.3 is 0 Å². The maximum absolute atomic E-state index is 11.3. The van der Waals surface area contributed by atoms with Gasteiger partial charge in [0.05, 0.1) is 12.0 Å². The van der Waals surface area contributed by atoms with E-state index in [4.69, 9.17) is 9.57 Å². The Bertz CT molecular complexity index is 1850. The van der Waals surface area contributed by atoms with E-state index in [2.05, 4.69) is 90.3 Å². The zero-order valence-corrected chi connectivity index (χ0v) is 24.4. The number of nitrogens with zero attached hydrogens (tertiary/aromatic N) is 1. The Balaban J connectivity index is 1.54. The number of ether oxygens (including phenoxy) is 1. The van der Waals surface area contributed by atoms with Crippen LogP contribution in [0, 0.1) is 4.91 Å². The summed E-state index contributed by atoms with van der Waals surface area (Å²) in [7, 11) is 0. The minimum atomic E-state index is -0.601. The summed E-state index contributed by atoms with van der Waals surface area (Å²) in [6.07, 6.45) is 15.0. The molecule has 1 N–H and O–H groups in total. The molecule has 1 atom stereocenters. The normalized spacial score (nSPS) is 18.4. The summed E-state index contributed by atoms with van der Waals surface area (Å²) in [5.41, 5.74) is 10.6. The second kappa shape index (κ2) is 11.9. The molecule has 1 unspecified atom stereocenters. The quantitative estimate of drug-likeness (QED) is 0.159. The lowest BCUT2D eigenvalue weighted by molar-refractivity contribution is 0.201. The molecule has 4 aromatic carbocycles. The monoisotopic (exact) mass is 579 g/mol. The van der Waals surface area contributed by atoms with Gasteiger partial charge in [-0.25, -0.2) is 0 Å². The van der Waals surface area contributed by atoms with Crippen molar-refractivity contribution in [3.8, 4) is 22.6 Å². The molecule has 0 aromatic heterocycles. The number of benzene rings is 4. The number of hydrogen-bond acceptors (Lipinski definition) is 5. The Labute approximate surface area is 257 Å². The lowest BCUT2D eigenvalue weighted by atomic mass is 9.65. The lowest BCUT2D eigenvalue weighted by Crippen LogP contribution is -2.30. The molecule has 3 aliphatic carbocycles. The highest BCUT2D eigenvalue weighted by Crippen LogP contribution is 2.58. The third-order valence-electron chi connectivity index (χ3n) is 8.94. The molecule has 0 fully saturated rings. The van der Waals surface area contributed by atoms with Crippen molar-refractivity contribution in [3.05, 3.63) is 160 Å². The van der Waals surface area contributed by atoms with E-state index in [0.29, 0.717) is 5.75 Å². The molecule has 0 amide bonds. The fourth-order valence-corrected chi connectivity index (χ4v) is 7.15. The van der Waals surface area contributed by atoms with Gasteiger partial charge in [-0.1, -0.05) is 97.1 Å². The van der Waals surface area contributed by atoms with E-state index in [1.165, 1.54) is 22.3 Å². The van der Waals surface area contributed by atoms with Crippen LogP contribution in [-0.2, 0) is 5.41 Å². The molecular weight excluding hydrogens is 546 g/mol. The number of aliphatic hydroxyl groups excluding tert-OH is 1. The number of aliphatic hydroxyl groups is 1. The van der Waals surface area contributed by atoms with Crippen molar-refractivity contribution in [2.75, 3.05) is 13.2 Å². The van der Waals surface area contributed by atoms with E-state index < -0.39 is 5.41 Å². The zero-order chi connectivity index (χ0) is 29.9. The Kier molecular flexibility index (Phi) is 7.55. The van der Waals surface area contributed by atoms with E-state index in [-0.39, 0.29) is 13.2 Å². The maximum atomic E-state index is 11.3. The summed E-state index contributed by atoms with van der Waals surface area (Å²) in [6, 6.07) is 31.3. The van der Waals surface area contributed by atoms with Crippen molar-refractivity contribution < 1.29 is 14.7 Å². The molecule has 0 spiro atoms. The van der Waals surface area contributed by atoms with Crippen LogP contribution in [0.3, 0.4) is 0 Å². The van der Waals surface area contributed by atoms with Crippen LogP contribution in [0.5, 0.6) is 11.5 Å². The van der Waals surface area contributed by atoms with E-state index in [9.17, 15) is 10.0 Å². The molecule has 4 aromatic rings. The average Bonchev–Trinajstić information content (AvgIpc) is 3.39. The fourth-order valence-electron chi connectivity index (χ4n) is 7.15. The number of hydrogen-bond donors (Lipinski definition) is 1. The molecule has 0 saturated heterocycles. The van der Waals surface area contributed by atoms with Crippen molar-refractivity contribution in [1.82, 2.24) is 0 Å². The van der Waals surface area contributed by atoms with Gasteiger partial charge in [-0.05, 0) is 94.5 Å². The first-order chi connectivity index (χ1) is 21.8. The molecule has 218 valence electrons. The van der Waals surface area contributed by atoms with Gasteiger partial charge in [0.2, 0.25) is 0 Å². The van der Waals surface area contributed by atoms with Gasteiger partial charge in [-0.3, -0.25) is 0 Å². The highest BCUT2D eigenvalue weighted by atomic mass is 16.7. The number of fused-ring (bicyclic) bond motifs is 2. The average molecular weight is 580 g/mol. The second-order valence-corrected chi connectivity index (χ2v) is 11.3. The van der Waals surface area contributed by atoms with Gasteiger partial charge in [-0.15, -0.1) is 4.91 Å². The summed E-state index contributed by atoms with van der Waals surface area (Å²) in [5.74, 6) is 1.17. The smallest absolute Gasteiger partial charge is 0.169 e. The van der Waals surface area contributed by atoms with Gasteiger partial charge in [0.15, 0.2) is 11.1 Å². The van der Waals surface area contributed by atoms with E-state index in [1.54, 1.807) is 0 Å². The summed E-state index contributed by atoms with van der Waals surface area (Å²) in [4.78, 5) is 16.6. The van der Waals surface area contributed by atoms with E-state index in [1.807, 2.05) is 36.4 Å². The minimum Gasteiger partial charge on any atom is -0.491 e. The first-order valence-electron chi connectivity index (χ1n) is 15.2. The summed E-state index contributed by atoms with van der Waals surface area (Å²) < 4.78 is 6.09. The predicted molar refractivity (Wildman–Crippen MR) is 175 cm³/mol. The van der Waals surface area contributed by atoms with Crippen molar-refractivity contribution in [1.29, 1.82) is 0 Å². The third kappa shape index (κ3) is 4.61. The highest BCUT2D eigenvalue weighted by Gasteiger charge is 2.48. The number of allylic oxidation sites excluding steroid dienone is 8. The highest BCUT2D eigenvalue weighted by molar-refractivity contribution is 5.92. The van der Waals surface area contributed by atoms with Gasteiger partial charge in [0, 0.05) is 11.1 Å². The van der Waals surface area contributed by atoms with Gasteiger partial charge < -0.3 is 14.7 Å². The minimum absolute atomic E-state index is 0.0533. The molecule has 0 radical (unpaired) electrons. The Morgan fingerprint density at radius 3 is 2.27 bits per heavy atom. The Morgan fingerprint density at radius 1 is 0.750 bits per heavy atom. The third-order valence-corrected chi connectivity index (χ3v) is 8.94. The molecule has 44 heavy (non-hydrogen) atoms. The van der Waals surface area contributed by atoms with Crippen LogP contribution in [0.4, 0.5) is 0 Å². The SMILES string of the molecule is O=NOc1ccc(C2(c3ccc(OCCO)c(C4=CCCC=C4)c3)C3=C(C=CCC3)c3ccccc32)cc1-c1ccccc1. The summed E-state index contributed by atoms with van der Waals surface area (Å²) in [6.45, 7) is 0.173. The second-order valence-electron chi connectivity index (χ2n) is 11.3.